The number of alkyl halides is 6. The summed E-state index contributed by atoms with van der Waals surface area (Å²) in [6.07, 6.45) is -10.3. The van der Waals surface area contributed by atoms with Crippen molar-refractivity contribution in [2.45, 2.75) is 19.1 Å². The summed E-state index contributed by atoms with van der Waals surface area (Å²) in [5.74, 6) is -2.23. The number of halogens is 6. The Kier molecular flexibility index (Phi) is 6.28. The van der Waals surface area contributed by atoms with Crippen LogP contribution in [0.4, 0.5) is 26.3 Å². The normalized spacial score (nSPS) is 11.8. The molecule has 168 valence electrons. The highest BCUT2D eigenvalue weighted by molar-refractivity contribution is 5.77. The number of rotatable bonds is 6. The number of carbonyl (C=O) groups is 1. The molecule has 1 heterocycles. The maximum Gasteiger partial charge on any atom is 0.573 e. The third kappa shape index (κ3) is 6.37. The van der Waals surface area contributed by atoms with Crippen molar-refractivity contribution in [3.63, 3.8) is 0 Å². The van der Waals surface area contributed by atoms with Gasteiger partial charge in [0.05, 0.1) is 17.8 Å². The van der Waals surface area contributed by atoms with Crippen LogP contribution in [0.1, 0.15) is 5.56 Å². The van der Waals surface area contributed by atoms with Crippen LogP contribution >= 0.6 is 0 Å². The summed E-state index contributed by atoms with van der Waals surface area (Å²) < 4.78 is 83.0. The minimum absolute atomic E-state index is 0.0414. The fourth-order valence-electron chi connectivity index (χ4n) is 2.90. The number of pyridine rings is 1. The SMILES string of the molecule is O=C(O)Cc1ccc(-c2cccc(OC(F)(F)F)c2)nc1-c1cccc(OC(F)(F)F)c1. The summed E-state index contributed by atoms with van der Waals surface area (Å²) in [7, 11) is 0. The van der Waals surface area contributed by atoms with Crippen LogP contribution in [0.2, 0.25) is 0 Å². The van der Waals surface area contributed by atoms with E-state index >= 15 is 0 Å². The van der Waals surface area contributed by atoms with Crippen LogP contribution in [0.25, 0.3) is 22.5 Å². The number of hydrogen-bond acceptors (Lipinski definition) is 4. The molecule has 3 aromatic rings. The molecule has 0 radical (unpaired) electrons. The second-order valence-corrected chi connectivity index (χ2v) is 6.43. The Labute approximate surface area is 176 Å². The van der Waals surface area contributed by atoms with Gasteiger partial charge in [-0.3, -0.25) is 4.79 Å². The maximum atomic E-state index is 12.6. The smallest absolute Gasteiger partial charge is 0.481 e. The molecule has 3 rings (SSSR count). The van der Waals surface area contributed by atoms with E-state index in [1.807, 2.05) is 0 Å². The summed E-state index contributed by atoms with van der Waals surface area (Å²) in [6, 6.07) is 12.5. The molecule has 0 aliphatic rings. The topological polar surface area (TPSA) is 68.7 Å². The summed E-state index contributed by atoms with van der Waals surface area (Å²) >= 11 is 0. The summed E-state index contributed by atoms with van der Waals surface area (Å²) in [5.41, 5.74) is 0.738. The molecule has 2 aromatic carbocycles. The van der Waals surface area contributed by atoms with E-state index in [1.54, 1.807) is 0 Å². The van der Waals surface area contributed by atoms with Crippen molar-refractivity contribution in [1.29, 1.82) is 0 Å². The van der Waals surface area contributed by atoms with Crippen LogP contribution < -0.4 is 9.47 Å². The molecule has 11 heteroatoms. The predicted molar refractivity (Wildman–Crippen MR) is 99.8 cm³/mol. The van der Waals surface area contributed by atoms with Gasteiger partial charge in [0, 0.05) is 11.1 Å². The lowest BCUT2D eigenvalue weighted by molar-refractivity contribution is -0.275. The lowest BCUT2D eigenvalue weighted by Crippen LogP contribution is -2.17. The van der Waals surface area contributed by atoms with Gasteiger partial charge in [0.15, 0.2) is 0 Å². The van der Waals surface area contributed by atoms with Gasteiger partial charge in [-0.15, -0.1) is 26.3 Å². The van der Waals surface area contributed by atoms with E-state index in [2.05, 4.69) is 14.5 Å². The first-order valence-corrected chi connectivity index (χ1v) is 8.84. The molecule has 0 bridgehead atoms. The summed E-state index contributed by atoms with van der Waals surface area (Å²) in [4.78, 5) is 15.5. The van der Waals surface area contributed by atoms with Crippen LogP contribution in [0.15, 0.2) is 60.7 Å². The van der Waals surface area contributed by atoms with Gasteiger partial charge in [-0.25, -0.2) is 4.98 Å². The van der Waals surface area contributed by atoms with E-state index in [0.29, 0.717) is 0 Å². The maximum absolute atomic E-state index is 12.6. The van der Waals surface area contributed by atoms with Crippen LogP contribution in [-0.2, 0) is 11.2 Å². The van der Waals surface area contributed by atoms with E-state index in [1.165, 1.54) is 36.4 Å². The van der Waals surface area contributed by atoms with Gasteiger partial charge >= 0.3 is 18.7 Å². The fraction of sp³-hybridized carbons (Fsp3) is 0.143. The third-order valence-corrected chi connectivity index (χ3v) is 4.02. The number of aliphatic carboxylic acids is 1. The number of carboxylic acids is 1. The second-order valence-electron chi connectivity index (χ2n) is 6.43. The molecule has 0 atom stereocenters. The zero-order chi connectivity index (χ0) is 23.5. The number of carboxylic acid groups (broad SMARTS) is 1. The fourth-order valence-corrected chi connectivity index (χ4v) is 2.90. The largest absolute Gasteiger partial charge is 0.573 e. The molecular formula is C21H13F6NO4. The van der Waals surface area contributed by atoms with Crippen molar-refractivity contribution in [3.8, 4) is 34.0 Å². The molecule has 1 N–H and O–H groups in total. The predicted octanol–water partition coefficient (Wildman–Crippen LogP) is 5.84. The molecule has 0 saturated carbocycles. The minimum Gasteiger partial charge on any atom is -0.481 e. The first-order valence-electron chi connectivity index (χ1n) is 8.84. The van der Waals surface area contributed by atoms with E-state index < -0.39 is 36.6 Å². The molecular weight excluding hydrogens is 444 g/mol. The first-order chi connectivity index (χ1) is 14.9. The Morgan fingerprint density at radius 2 is 1.34 bits per heavy atom. The molecule has 0 amide bonds. The quantitative estimate of drug-likeness (QED) is 0.471. The average molecular weight is 457 g/mol. The second kappa shape index (κ2) is 8.77. The number of hydrogen-bond donors (Lipinski definition) is 1. The van der Waals surface area contributed by atoms with Crippen LogP contribution in [0.3, 0.4) is 0 Å². The monoisotopic (exact) mass is 457 g/mol. The molecule has 0 saturated heterocycles. The molecule has 0 fully saturated rings. The number of nitrogens with zero attached hydrogens (tertiary/aromatic N) is 1. The Balaban J connectivity index is 2.06. The molecule has 0 aliphatic heterocycles. The molecule has 0 spiro atoms. The van der Waals surface area contributed by atoms with Gasteiger partial charge in [-0.2, -0.15) is 0 Å². The summed E-state index contributed by atoms with van der Waals surface area (Å²) in [5, 5.41) is 9.15. The van der Waals surface area contributed by atoms with Gasteiger partial charge in [-0.05, 0) is 35.9 Å². The first kappa shape index (κ1) is 22.9. The van der Waals surface area contributed by atoms with Crippen molar-refractivity contribution < 1.29 is 45.7 Å². The van der Waals surface area contributed by atoms with Gasteiger partial charge in [-0.1, -0.05) is 30.3 Å². The van der Waals surface area contributed by atoms with E-state index in [-0.39, 0.29) is 28.1 Å². The molecule has 5 nitrogen and oxygen atoms in total. The average Bonchev–Trinajstić information content (AvgIpc) is 2.65. The van der Waals surface area contributed by atoms with Gasteiger partial charge in [0.1, 0.15) is 11.5 Å². The zero-order valence-electron chi connectivity index (χ0n) is 15.9. The van der Waals surface area contributed by atoms with Gasteiger partial charge in [0.2, 0.25) is 0 Å². The highest BCUT2D eigenvalue weighted by atomic mass is 19.4. The third-order valence-electron chi connectivity index (χ3n) is 4.02. The Morgan fingerprint density at radius 3 is 1.88 bits per heavy atom. The standard InChI is InChI=1S/C21H13F6NO4/c22-20(23,24)31-15-5-1-3-12(9-15)17-8-7-14(11-18(29)30)19(28-17)13-4-2-6-16(10-13)32-21(25,26)27/h1-10H,11H2,(H,29,30). The van der Waals surface area contributed by atoms with Crippen molar-refractivity contribution in [3.05, 3.63) is 66.2 Å². The lowest BCUT2D eigenvalue weighted by Gasteiger charge is -2.14. The molecule has 0 aliphatic carbocycles. The Bertz CT molecular complexity index is 1130. The number of ether oxygens (including phenoxy) is 2. The number of benzene rings is 2. The zero-order valence-corrected chi connectivity index (χ0v) is 15.9. The van der Waals surface area contributed by atoms with Crippen molar-refractivity contribution in [1.82, 2.24) is 4.98 Å². The van der Waals surface area contributed by atoms with Gasteiger partial charge in [0.25, 0.3) is 0 Å². The molecule has 1 aromatic heterocycles. The van der Waals surface area contributed by atoms with Crippen molar-refractivity contribution in [2.24, 2.45) is 0 Å². The van der Waals surface area contributed by atoms with Crippen molar-refractivity contribution in [2.75, 3.05) is 0 Å². The van der Waals surface area contributed by atoms with E-state index in [9.17, 15) is 31.1 Å². The van der Waals surface area contributed by atoms with Crippen LogP contribution in [0, 0.1) is 0 Å². The van der Waals surface area contributed by atoms with E-state index in [0.717, 1.165) is 24.3 Å². The molecule has 0 unspecified atom stereocenters. The van der Waals surface area contributed by atoms with Crippen LogP contribution in [0.5, 0.6) is 11.5 Å². The Hall–Kier alpha value is -3.76. The molecule has 32 heavy (non-hydrogen) atoms. The lowest BCUT2D eigenvalue weighted by atomic mass is 10.0. The highest BCUT2D eigenvalue weighted by Crippen LogP contribution is 2.32. The highest BCUT2D eigenvalue weighted by Gasteiger charge is 2.32. The Morgan fingerprint density at radius 1 is 0.812 bits per heavy atom. The summed E-state index contributed by atoms with van der Waals surface area (Å²) in [6.45, 7) is 0. The minimum atomic E-state index is -4.93. The van der Waals surface area contributed by atoms with Gasteiger partial charge < -0.3 is 14.6 Å². The van der Waals surface area contributed by atoms with Crippen LogP contribution in [-0.4, -0.2) is 28.8 Å². The van der Waals surface area contributed by atoms with E-state index in [4.69, 9.17) is 5.11 Å². The number of aromatic nitrogens is 1. The van der Waals surface area contributed by atoms with Crippen molar-refractivity contribution >= 4 is 5.97 Å².